The number of ether oxygens (including phenoxy) is 1. The molecule has 1 aliphatic carbocycles. The maximum atomic E-state index is 12.5. The monoisotopic (exact) mass is 361 g/mol. The molecule has 2 heterocycles. The molecule has 1 aromatic carbocycles. The highest BCUT2D eigenvalue weighted by Crippen LogP contribution is 2.38. The van der Waals surface area contributed by atoms with E-state index >= 15 is 0 Å². The second-order valence-corrected chi connectivity index (χ2v) is 7.26. The first-order valence-electron chi connectivity index (χ1n) is 8.49. The number of aromatic amines is 1. The number of halogens is 1. The zero-order valence-corrected chi connectivity index (χ0v) is 14.4. The van der Waals surface area contributed by atoms with Gasteiger partial charge in [-0.25, -0.2) is 4.98 Å². The number of fused-ring (bicyclic) bond motifs is 1. The van der Waals surface area contributed by atoms with Crippen LogP contribution in [0.1, 0.15) is 23.5 Å². The third-order valence-corrected chi connectivity index (χ3v) is 5.39. The van der Waals surface area contributed by atoms with Crippen LogP contribution in [0.5, 0.6) is 5.75 Å². The Hall–Kier alpha value is -2.05. The zero-order valence-electron chi connectivity index (χ0n) is 13.6. The number of carbonyl (C=O) groups is 1. The number of aliphatic hydroxyl groups is 1. The van der Waals surface area contributed by atoms with Crippen LogP contribution in [0, 0.1) is 11.8 Å². The Morgan fingerprint density at radius 3 is 2.84 bits per heavy atom. The molecule has 1 aromatic heterocycles. The molecule has 1 aliphatic heterocycles. The van der Waals surface area contributed by atoms with Crippen molar-refractivity contribution < 1.29 is 14.6 Å². The number of likely N-dealkylation sites (tertiary alicyclic amines) is 1. The van der Waals surface area contributed by atoms with Gasteiger partial charge in [-0.2, -0.15) is 0 Å². The van der Waals surface area contributed by atoms with Gasteiger partial charge in [0, 0.05) is 30.5 Å². The van der Waals surface area contributed by atoms with Gasteiger partial charge in [-0.3, -0.25) is 4.79 Å². The molecule has 2 N–H and O–H groups in total. The Morgan fingerprint density at radius 2 is 2.12 bits per heavy atom. The van der Waals surface area contributed by atoms with Crippen molar-refractivity contribution in [1.82, 2.24) is 14.9 Å². The molecule has 7 heteroatoms. The molecule has 6 nitrogen and oxygen atoms in total. The Balaban J connectivity index is 1.42. The van der Waals surface area contributed by atoms with Crippen molar-refractivity contribution in [2.45, 2.75) is 25.0 Å². The van der Waals surface area contributed by atoms with E-state index in [0.717, 1.165) is 6.42 Å². The number of aliphatic hydroxyl groups excluding tert-OH is 1. The number of rotatable bonds is 3. The van der Waals surface area contributed by atoms with Crippen molar-refractivity contribution in [2.75, 3.05) is 13.1 Å². The number of carbonyl (C=O) groups excluding carboxylic acids is 1. The van der Waals surface area contributed by atoms with Gasteiger partial charge in [-0.05, 0) is 42.9 Å². The predicted octanol–water partition coefficient (Wildman–Crippen LogP) is 2.35. The lowest BCUT2D eigenvalue weighted by atomic mass is 9.78. The number of benzene rings is 1. The minimum Gasteiger partial charge on any atom is -0.488 e. The van der Waals surface area contributed by atoms with Crippen LogP contribution in [-0.2, 0) is 0 Å². The number of H-pyrrole nitrogens is 1. The first-order valence-corrected chi connectivity index (χ1v) is 8.87. The minimum atomic E-state index is -0.543. The highest BCUT2D eigenvalue weighted by molar-refractivity contribution is 6.30. The van der Waals surface area contributed by atoms with Crippen molar-refractivity contribution in [1.29, 1.82) is 0 Å². The first-order chi connectivity index (χ1) is 12.1. The van der Waals surface area contributed by atoms with Gasteiger partial charge in [-0.15, -0.1) is 0 Å². The fourth-order valence-electron chi connectivity index (χ4n) is 3.93. The Labute approximate surface area is 150 Å². The maximum Gasteiger partial charge on any atom is 0.289 e. The molecular weight excluding hydrogens is 342 g/mol. The van der Waals surface area contributed by atoms with Gasteiger partial charge in [0.25, 0.3) is 5.91 Å². The van der Waals surface area contributed by atoms with Gasteiger partial charge < -0.3 is 19.7 Å². The van der Waals surface area contributed by atoms with E-state index in [9.17, 15) is 9.90 Å². The summed E-state index contributed by atoms with van der Waals surface area (Å²) in [7, 11) is 0. The molecule has 0 spiro atoms. The maximum absolute atomic E-state index is 12.5. The van der Waals surface area contributed by atoms with Crippen LogP contribution in [0.4, 0.5) is 0 Å². The Morgan fingerprint density at radius 1 is 1.32 bits per heavy atom. The van der Waals surface area contributed by atoms with Gasteiger partial charge >= 0.3 is 0 Å². The molecule has 2 fully saturated rings. The number of nitrogens with zero attached hydrogens (tertiary/aromatic N) is 2. The summed E-state index contributed by atoms with van der Waals surface area (Å²) in [5, 5.41) is 11.1. The van der Waals surface area contributed by atoms with E-state index in [4.69, 9.17) is 16.3 Å². The molecular formula is C18H20ClN3O3. The van der Waals surface area contributed by atoms with E-state index in [-0.39, 0.29) is 12.0 Å². The van der Waals surface area contributed by atoms with Crippen LogP contribution < -0.4 is 4.74 Å². The van der Waals surface area contributed by atoms with Crippen LogP contribution >= 0.6 is 11.6 Å². The molecule has 4 atom stereocenters. The molecule has 0 unspecified atom stereocenters. The summed E-state index contributed by atoms with van der Waals surface area (Å²) in [5.41, 5.74) is 0. The van der Waals surface area contributed by atoms with Gasteiger partial charge in [0.05, 0.1) is 6.10 Å². The van der Waals surface area contributed by atoms with Gasteiger partial charge in [0.1, 0.15) is 11.9 Å². The lowest BCUT2D eigenvalue weighted by Crippen LogP contribution is -2.42. The SMILES string of the molecule is O=C(c1ncc[nH]1)N1C[C@H]2C[C@@H](Oc3cccc(Cl)c3)[C@H](O)C[C@H]2C1. The molecule has 0 radical (unpaired) electrons. The van der Waals surface area contributed by atoms with E-state index in [1.54, 1.807) is 24.5 Å². The average molecular weight is 362 g/mol. The first kappa shape index (κ1) is 16.4. The molecule has 1 saturated carbocycles. The molecule has 4 rings (SSSR count). The summed E-state index contributed by atoms with van der Waals surface area (Å²) in [6.07, 6.45) is 3.76. The Bertz CT molecular complexity index is 752. The second-order valence-electron chi connectivity index (χ2n) is 6.82. The van der Waals surface area contributed by atoms with E-state index < -0.39 is 6.10 Å². The van der Waals surface area contributed by atoms with Crippen molar-refractivity contribution in [3.05, 3.63) is 47.5 Å². The normalized spacial score (nSPS) is 28.6. The predicted molar refractivity (Wildman–Crippen MR) is 92.6 cm³/mol. The molecule has 2 aliphatic rings. The largest absolute Gasteiger partial charge is 0.488 e. The molecule has 1 saturated heterocycles. The standard InChI is InChI=1S/C18H20ClN3O3/c19-13-2-1-3-14(8-13)25-16-7-12-10-22(9-11(12)6-15(16)23)18(24)17-20-4-5-21-17/h1-5,8,11-12,15-16,23H,6-7,9-10H2,(H,20,21)/t11-,12+,15+,16+/m0/s1. The highest BCUT2D eigenvalue weighted by atomic mass is 35.5. The third kappa shape index (κ3) is 3.37. The minimum absolute atomic E-state index is 0.0822. The van der Waals surface area contributed by atoms with E-state index in [2.05, 4.69) is 9.97 Å². The number of nitrogens with one attached hydrogen (secondary N) is 1. The molecule has 0 bridgehead atoms. The topological polar surface area (TPSA) is 78.5 Å². The van der Waals surface area contributed by atoms with Crippen molar-refractivity contribution in [2.24, 2.45) is 11.8 Å². The second kappa shape index (κ2) is 6.69. The number of imidazole rings is 1. The van der Waals surface area contributed by atoms with Crippen molar-refractivity contribution in [3.63, 3.8) is 0 Å². The fraction of sp³-hybridized carbons (Fsp3) is 0.444. The molecule has 132 valence electrons. The van der Waals surface area contributed by atoms with Crippen LogP contribution in [-0.4, -0.2) is 51.2 Å². The summed E-state index contributed by atoms with van der Waals surface area (Å²) < 4.78 is 5.97. The van der Waals surface area contributed by atoms with Crippen molar-refractivity contribution in [3.8, 4) is 5.75 Å². The summed E-state index contributed by atoms with van der Waals surface area (Å²) in [6.45, 7) is 1.33. The number of hydrogen-bond donors (Lipinski definition) is 2. The smallest absolute Gasteiger partial charge is 0.289 e. The van der Waals surface area contributed by atoms with Crippen LogP contribution in [0.3, 0.4) is 0 Å². The van der Waals surface area contributed by atoms with Gasteiger partial charge in [0.15, 0.2) is 5.82 Å². The summed E-state index contributed by atoms with van der Waals surface area (Å²) in [6, 6.07) is 7.21. The lowest BCUT2D eigenvalue weighted by Gasteiger charge is -2.35. The zero-order chi connectivity index (χ0) is 17.4. The van der Waals surface area contributed by atoms with E-state index in [1.165, 1.54) is 0 Å². The van der Waals surface area contributed by atoms with E-state index in [1.807, 2.05) is 17.0 Å². The molecule has 2 aromatic rings. The summed E-state index contributed by atoms with van der Waals surface area (Å²) in [4.78, 5) is 21.2. The van der Waals surface area contributed by atoms with Crippen LogP contribution in [0.25, 0.3) is 0 Å². The lowest BCUT2D eigenvalue weighted by molar-refractivity contribution is -0.0231. The number of aromatic nitrogens is 2. The average Bonchev–Trinajstić information content (AvgIpc) is 3.24. The van der Waals surface area contributed by atoms with Gasteiger partial charge in [-0.1, -0.05) is 17.7 Å². The van der Waals surface area contributed by atoms with E-state index in [0.29, 0.717) is 47.9 Å². The number of amides is 1. The quantitative estimate of drug-likeness (QED) is 0.879. The number of hydrogen-bond acceptors (Lipinski definition) is 4. The Kier molecular flexibility index (Phi) is 4.39. The van der Waals surface area contributed by atoms with Crippen LogP contribution in [0.15, 0.2) is 36.7 Å². The van der Waals surface area contributed by atoms with Gasteiger partial charge in [0.2, 0.25) is 0 Å². The summed E-state index contributed by atoms with van der Waals surface area (Å²) >= 11 is 6.00. The fourth-order valence-corrected chi connectivity index (χ4v) is 4.11. The third-order valence-electron chi connectivity index (χ3n) is 5.16. The highest BCUT2D eigenvalue weighted by Gasteiger charge is 2.44. The molecule has 25 heavy (non-hydrogen) atoms. The van der Waals surface area contributed by atoms with Crippen LogP contribution in [0.2, 0.25) is 5.02 Å². The van der Waals surface area contributed by atoms with Crippen molar-refractivity contribution >= 4 is 17.5 Å². The summed E-state index contributed by atoms with van der Waals surface area (Å²) in [5.74, 6) is 1.57. The molecule has 1 amide bonds.